The van der Waals surface area contributed by atoms with Gasteiger partial charge in [0.1, 0.15) is 5.01 Å². The first-order chi connectivity index (χ1) is 12.3. The summed E-state index contributed by atoms with van der Waals surface area (Å²) in [5.41, 5.74) is 3.11. The first-order valence-electron chi connectivity index (χ1n) is 8.06. The highest BCUT2D eigenvalue weighted by molar-refractivity contribution is 7.21. The van der Waals surface area contributed by atoms with Gasteiger partial charge in [-0.3, -0.25) is 4.79 Å². The van der Waals surface area contributed by atoms with Gasteiger partial charge in [0.15, 0.2) is 11.5 Å². The highest BCUT2D eigenvalue weighted by atomic mass is 32.1. The Morgan fingerprint density at radius 1 is 1.04 bits per heavy atom. The fourth-order valence-electron chi connectivity index (χ4n) is 2.61. The molecule has 25 heavy (non-hydrogen) atoms. The third-order valence-corrected chi connectivity index (χ3v) is 4.99. The van der Waals surface area contributed by atoms with E-state index < -0.39 is 0 Å². The second-order valence-electron chi connectivity index (χ2n) is 5.64. The molecule has 124 valence electrons. The van der Waals surface area contributed by atoms with E-state index in [4.69, 9.17) is 4.42 Å². The quantitative estimate of drug-likeness (QED) is 0.484. The highest BCUT2D eigenvalue weighted by Crippen LogP contribution is 2.30. The molecule has 0 radical (unpaired) electrons. The van der Waals surface area contributed by atoms with Gasteiger partial charge in [0.2, 0.25) is 0 Å². The van der Waals surface area contributed by atoms with Crippen LogP contribution in [0.3, 0.4) is 0 Å². The molecule has 0 aliphatic heterocycles. The molecule has 1 N–H and O–H groups in total. The third kappa shape index (κ3) is 3.46. The van der Waals surface area contributed by atoms with Gasteiger partial charge in [0.25, 0.3) is 0 Å². The van der Waals surface area contributed by atoms with Crippen LogP contribution in [0.4, 0.5) is 5.69 Å². The molecule has 0 fully saturated rings. The minimum atomic E-state index is 0.00333. The Labute approximate surface area is 149 Å². The number of hydrogen-bond donors (Lipinski definition) is 1. The van der Waals surface area contributed by atoms with Crippen molar-refractivity contribution in [2.45, 2.75) is 6.42 Å². The average Bonchev–Trinajstić information content (AvgIpc) is 3.32. The summed E-state index contributed by atoms with van der Waals surface area (Å²) in [6.45, 7) is 0.569. The molecule has 4 rings (SSSR count). The van der Waals surface area contributed by atoms with E-state index in [0.717, 1.165) is 21.8 Å². The predicted molar refractivity (Wildman–Crippen MR) is 101 cm³/mol. The maximum atomic E-state index is 11.9. The molecule has 5 heteroatoms. The number of thiazole rings is 1. The lowest BCUT2D eigenvalue weighted by Crippen LogP contribution is -2.08. The van der Waals surface area contributed by atoms with Crippen LogP contribution in [0.5, 0.6) is 0 Å². The molecule has 0 aliphatic carbocycles. The van der Waals surface area contributed by atoms with E-state index in [0.29, 0.717) is 18.7 Å². The lowest BCUT2D eigenvalue weighted by atomic mass is 10.2. The number of carbonyl (C=O) groups is 1. The predicted octanol–water partition coefficient (Wildman–Crippen LogP) is 5.24. The van der Waals surface area contributed by atoms with Gasteiger partial charge >= 0.3 is 0 Å². The third-order valence-electron chi connectivity index (χ3n) is 3.90. The summed E-state index contributed by atoms with van der Waals surface area (Å²) in [6, 6.07) is 19.7. The number of aromatic nitrogens is 1. The van der Waals surface area contributed by atoms with E-state index in [-0.39, 0.29) is 5.78 Å². The van der Waals surface area contributed by atoms with Crippen molar-refractivity contribution < 1.29 is 9.21 Å². The number of hydrogen-bond acceptors (Lipinski definition) is 5. The molecule has 0 atom stereocenters. The van der Waals surface area contributed by atoms with Crippen LogP contribution in [0.2, 0.25) is 0 Å². The van der Waals surface area contributed by atoms with Gasteiger partial charge in [-0.15, -0.1) is 11.3 Å². The van der Waals surface area contributed by atoms with E-state index in [1.165, 1.54) is 11.0 Å². The first kappa shape index (κ1) is 15.6. The second kappa shape index (κ2) is 6.91. The molecule has 0 saturated carbocycles. The molecular weight excluding hydrogens is 332 g/mol. The number of carbonyl (C=O) groups excluding carboxylic acids is 1. The summed E-state index contributed by atoms with van der Waals surface area (Å²) in [5.74, 6) is 0.413. The zero-order chi connectivity index (χ0) is 17.1. The number of furan rings is 1. The van der Waals surface area contributed by atoms with Gasteiger partial charge in [0.05, 0.1) is 16.5 Å². The van der Waals surface area contributed by atoms with Gasteiger partial charge in [-0.2, -0.15) is 0 Å². The van der Waals surface area contributed by atoms with E-state index >= 15 is 0 Å². The first-order valence-corrected chi connectivity index (χ1v) is 8.88. The van der Waals surface area contributed by atoms with Crippen LogP contribution in [-0.2, 0) is 0 Å². The van der Waals surface area contributed by atoms with Crippen LogP contribution < -0.4 is 5.32 Å². The number of para-hydroxylation sites is 1. The molecule has 0 unspecified atom stereocenters. The lowest BCUT2D eigenvalue weighted by Gasteiger charge is -2.06. The number of nitrogens with one attached hydrogen (secondary N) is 1. The Hall–Kier alpha value is -2.92. The fraction of sp³-hybridized carbons (Fsp3) is 0.100. The molecule has 4 aromatic rings. The van der Waals surface area contributed by atoms with Crippen molar-refractivity contribution in [3.8, 4) is 10.6 Å². The Morgan fingerprint density at radius 3 is 2.64 bits per heavy atom. The van der Waals surface area contributed by atoms with Crippen molar-refractivity contribution >= 4 is 33.0 Å². The SMILES string of the molecule is O=C(CCNc1ccc(-c2nc3ccccc3s2)cc1)c1ccco1. The van der Waals surface area contributed by atoms with Crippen LogP contribution >= 0.6 is 11.3 Å². The van der Waals surface area contributed by atoms with Crippen molar-refractivity contribution in [2.75, 3.05) is 11.9 Å². The van der Waals surface area contributed by atoms with Gasteiger partial charge in [-0.25, -0.2) is 4.98 Å². The van der Waals surface area contributed by atoms with E-state index in [1.54, 1.807) is 23.5 Å². The lowest BCUT2D eigenvalue weighted by molar-refractivity contribution is 0.0960. The second-order valence-corrected chi connectivity index (χ2v) is 6.67. The van der Waals surface area contributed by atoms with E-state index in [9.17, 15) is 4.79 Å². The summed E-state index contributed by atoms with van der Waals surface area (Å²) >= 11 is 1.69. The van der Waals surface area contributed by atoms with Crippen molar-refractivity contribution in [3.63, 3.8) is 0 Å². The largest absolute Gasteiger partial charge is 0.461 e. The number of anilines is 1. The van der Waals surface area contributed by atoms with Crippen LogP contribution in [0.1, 0.15) is 17.0 Å². The van der Waals surface area contributed by atoms with Crippen molar-refractivity contribution in [2.24, 2.45) is 0 Å². The van der Waals surface area contributed by atoms with Crippen LogP contribution in [-0.4, -0.2) is 17.3 Å². The number of fused-ring (bicyclic) bond motifs is 1. The number of Topliss-reactive ketones (excluding diaryl/α,β-unsaturated/α-hetero) is 1. The smallest absolute Gasteiger partial charge is 0.199 e. The normalized spacial score (nSPS) is 10.9. The molecule has 2 aromatic heterocycles. The van der Waals surface area contributed by atoms with Crippen LogP contribution in [0.15, 0.2) is 71.3 Å². The van der Waals surface area contributed by atoms with E-state index in [2.05, 4.69) is 16.4 Å². The topological polar surface area (TPSA) is 55.1 Å². The minimum absolute atomic E-state index is 0.00333. The van der Waals surface area contributed by atoms with Gasteiger partial charge in [0, 0.05) is 24.2 Å². The minimum Gasteiger partial charge on any atom is -0.461 e. The molecule has 0 aliphatic rings. The number of ketones is 1. The number of benzene rings is 2. The highest BCUT2D eigenvalue weighted by Gasteiger charge is 2.08. The van der Waals surface area contributed by atoms with E-state index in [1.807, 2.05) is 42.5 Å². The zero-order valence-electron chi connectivity index (χ0n) is 13.4. The molecule has 0 amide bonds. The molecule has 2 heterocycles. The Balaban J connectivity index is 1.39. The molecule has 0 bridgehead atoms. The molecule has 2 aromatic carbocycles. The summed E-state index contributed by atoms with van der Waals surface area (Å²) in [6.07, 6.45) is 1.91. The van der Waals surface area contributed by atoms with Crippen LogP contribution in [0, 0.1) is 0 Å². The standard InChI is InChI=1S/C20H16N2O2S/c23-17(18-5-3-13-24-18)11-12-21-15-9-7-14(8-10-15)20-22-16-4-1-2-6-19(16)25-20/h1-10,13,21H,11-12H2. The van der Waals surface area contributed by atoms with Crippen LogP contribution in [0.25, 0.3) is 20.8 Å². The van der Waals surface area contributed by atoms with Gasteiger partial charge in [-0.05, 0) is 48.5 Å². The zero-order valence-corrected chi connectivity index (χ0v) is 14.3. The Bertz CT molecular complexity index is 955. The fourth-order valence-corrected chi connectivity index (χ4v) is 3.58. The molecule has 4 nitrogen and oxygen atoms in total. The summed E-state index contributed by atoms with van der Waals surface area (Å²) in [7, 11) is 0. The summed E-state index contributed by atoms with van der Waals surface area (Å²) in [4.78, 5) is 16.5. The van der Waals surface area contributed by atoms with Crippen molar-refractivity contribution in [3.05, 3.63) is 72.7 Å². The van der Waals surface area contributed by atoms with Crippen molar-refractivity contribution in [1.82, 2.24) is 4.98 Å². The van der Waals surface area contributed by atoms with Gasteiger partial charge in [-0.1, -0.05) is 12.1 Å². The molecule has 0 saturated heterocycles. The monoisotopic (exact) mass is 348 g/mol. The maximum Gasteiger partial charge on any atom is 0.199 e. The summed E-state index contributed by atoms with van der Waals surface area (Å²) in [5, 5.41) is 4.28. The summed E-state index contributed by atoms with van der Waals surface area (Å²) < 4.78 is 6.30. The Kier molecular flexibility index (Phi) is 4.31. The average molecular weight is 348 g/mol. The molecule has 0 spiro atoms. The Morgan fingerprint density at radius 2 is 1.88 bits per heavy atom. The maximum absolute atomic E-state index is 11.9. The number of rotatable bonds is 6. The van der Waals surface area contributed by atoms with Crippen molar-refractivity contribution in [1.29, 1.82) is 0 Å². The van der Waals surface area contributed by atoms with Gasteiger partial charge < -0.3 is 9.73 Å². The molecular formula is C20H16N2O2S. The number of nitrogens with zero attached hydrogens (tertiary/aromatic N) is 1.